The topological polar surface area (TPSA) is 72.9 Å². The number of aliphatic carboxylic acids is 1. The van der Waals surface area contributed by atoms with E-state index >= 15 is 0 Å². The van der Waals surface area contributed by atoms with Crippen molar-refractivity contribution in [3.05, 3.63) is 30.3 Å². The molecule has 2 bridgehead atoms. The van der Waals surface area contributed by atoms with Gasteiger partial charge in [-0.2, -0.15) is 0 Å². The van der Waals surface area contributed by atoms with Crippen LogP contribution < -0.4 is 10.2 Å². The number of para-hydroxylation sites is 1. The Morgan fingerprint density at radius 2 is 1.78 bits per heavy atom. The van der Waals surface area contributed by atoms with Gasteiger partial charge in [-0.15, -0.1) is 0 Å². The second kappa shape index (κ2) is 7.89. The van der Waals surface area contributed by atoms with Crippen LogP contribution in [0.4, 0.5) is 5.69 Å². The van der Waals surface area contributed by atoms with Crippen molar-refractivity contribution in [1.29, 1.82) is 0 Å². The van der Waals surface area contributed by atoms with E-state index in [9.17, 15) is 14.7 Å². The summed E-state index contributed by atoms with van der Waals surface area (Å²) in [5, 5.41) is 13.1. The lowest BCUT2D eigenvalue weighted by molar-refractivity contribution is -0.147. The molecule has 27 heavy (non-hydrogen) atoms. The van der Waals surface area contributed by atoms with E-state index in [4.69, 9.17) is 0 Å². The highest BCUT2D eigenvalue weighted by atomic mass is 16.4. The third-order valence-corrected chi connectivity index (χ3v) is 6.38. The normalized spacial score (nSPS) is 30.1. The fraction of sp³-hybridized carbons (Fsp3) is 0.619. The second-order valence-corrected chi connectivity index (χ2v) is 8.16. The zero-order valence-corrected chi connectivity index (χ0v) is 15.7. The van der Waals surface area contributed by atoms with Crippen LogP contribution in [0.2, 0.25) is 0 Å². The van der Waals surface area contributed by atoms with E-state index in [1.807, 2.05) is 18.2 Å². The molecule has 3 aliphatic rings. The smallest absolute Gasteiger partial charge is 0.326 e. The van der Waals surface area contributed by atoms with Gasteiger partial charge in [-0.05, 0) is 50.7 Å². The molecule has 0 spiro atoms. The summed E-state index contributed by atoms with van der Waals surface area (Å²) in [6.07, 6.45) is 7.11. The molecule has 0 aliphatic carbocycles. The number of fused-ring (bicyclic) bond motifs is 2. The Kier molecular flexibility index (Phi) is 5.34. The van der Waals surface area contributed by atoms with Crippen molar-refractivity contribution in [2.45, 2.75) is 69.1 Å². The zero-order chi connectivity index (χ0) is 18.8. The van der Waals surface area contributed by atoms with E-state index in [1.165, 1.54) is 19.3 Å². The Bertz CT molecular complexity index is 669. The number of carboxylic acid groups (broad SMARTS) is 1. The number of nitrogens with zero attached hydrogens (tertiary/aromatic N) is 2. The predicted molar refractivity (Wildman–Crippen MR) is 104 cm³/mol. The first-order chi connectivity index (χ1) is 13.1. The van der Waals surface area contributed by atoms with Gasteiger partial charge in [0.05, 0.1) is 6.54 Å². The van der Waals surface area contributed by atoms with Crippen LogP contribution in [-0.4, -0.2) is 59.1 Å². The molecule has 4 rings (SSSR count). The molecular formula is C21H29N3O3. The largest absolute Gasteiger partial charge is 0.480 e. The first-order valence-corrected chi connectivity index (χ1v) is 10.2. The maximum Gasteiger partial charge on any atom is 0.326 e. The summed E-state index contributed by atoms with van der Waals surface area (Å²) in [7, 11) is 0. The second-order valence-electron chi connectivity index (χ2n) is 8.16. The SMILES string of the molecule is O=C(O)C1CCCN1C(=O)CN(c1ccccc1)C1CC2CCCC(C1)N2. The average Bonchev–Trinajstić information content (AvgIpc) is 3.16. The van der Waals surface area contributed by atoms with Crippen LogP contribution in [0.3, 0.4) is 0 Å². The minimum Gasteiger partial charge on any atom is -0.480 e. The van der Waals surface area contributed by atoms with E-state index in [1.54, 1.807) is 4.90 Å². The minimum absolute atomic E-state index is 0.0626. The molecule has 6 nitrogen and oxygen atoms in total. The fourth-order valence-electron chi connectivity index (χ4n) is 5.10. The lowest BCUT2D eigenvalue weighted by atomic mass is 9.83. The molecule has 3 heterocycles. The highest BCUT2D eigenvalue weighted by molar-refractivity contribution is 5.87. The maximum absolute atomic E-state index is 13.0. The fourth-order valence-corrected chi connectivity index (χ4v) is 5.10. The van der Waals surface area contributed by atoms with Gasteiger partial charge < -0.3 is 20.2 Å². The standard InChI is InChI=1S/C21H29N3O3/c25-20(23-11-5-10-19(23)21(26)27)14-24(17-8-2-1-3-9-17)18-12-15-6-4-7-16(13-18)22-15/h1-3,8-9,15-16,18-19,22H,4-7,10-14H2,(H,26,27). The molecule has 1 aromatic carbocycles. The molecule has 0 radical (unpaired) electrons. The molecule has 1 aromatic rings. The van der Waals surface area contributed by atoms with Gasteiger partial charge in [0.25, 0.3) is 0 Å². The molecule has 6 heteroatoms. The number of benzene rings is 1. The summed E-state index contributed by atoms with van der Waals surface area (Å²) < 4.78 is 0. The Morgan fingerprint density at radius 1 is 1.07 bits per heavy atom. The number of amides is 1. The molecule has 3 atom stereocenters. The van der Waals surface area contributed by atoms with E-state index in [-0.39, 0.29) is 12.5 Å². The summed E-state index contributed by atoms with van der Waals surface area (Å²) >= 11 is 0. The molecule has 3 aliphatic heterocycles. The van der Waals surface area contributed by atoms with Gasteiger partial charge in [0, 0.05) is 30.4 Å². The lowest BCUT2D eigenvalue weighted by Gasteiger charge is -2.45. The number of nitrogens with one attached hydrogen (secondary N) is 1. The van der Waals surface area contributed by atoms with E-state index in [0.29, 0.717) is 31.1 Å². The van der Waals surface area contributed by atoms with Gasteiger partial charge in [-0.25, -0.2) is 4.79 Å². The molecule has 0 saturated carbocycles. The minimum atomic E-state index is -0.886. The molecule has 1 amide bonds. The molecule has 0 aromatic heterocycles. The number of likely N-dealkylation sites (tertiary alicyclic amines) is 1. The van der Waals surface area contributed by atoms with Crippen molar-refractivity contribution in [2.24, 2.45) is 0 Å². The van der Waals surface area contributed by atoms with E-state index in [2.05, 4.69) is 22.3 Å². The van der Waals surface area contributed by atoms with Crippen LogP contribution in [0, 0.1) is 0 Å². The number of hydrogen-bond acceptors (Lipinski definition) is 4. The molecule has 3 fully saturated rings. The third-order valence-electron chi connectivity index (χ3n) is 6.38. The van der Waals surface area contributed by atoms with Gasteiger partial charge >= 0.3 is 5.97 Å². The number of carboxylic acids is 1. The van der Waals surface area contributed by atoms with Gasteiger partial charge in [0.2, 0.25) is 5.91 Å². The monoisotopic (exact) mass is 371 g/mol. The lowest BCUT2D eigenvalue weighted by Crippen LogP contribution is -2.56. The Hall–Kier alpha value is -2.08. The highest BCUT2D eigenvalue weighted by Crippen LogP contribution is 2.31. The van der Waals surface area contributed by atoms with Gasteiger partial charge in [0.15, 0.2) is 0 Å². The van der Waals surface area contributed by atoms with Gasteiger partial charge in [0.1, 0.15) is 6.04 Å². The van der Waals surface area contributed by atoms with Gasteiger partial charge in [-0.1, -0.05) is 24.6 Å². The summed E-state index contributed by atoms with van der Waals surface area (Å²) in [5.41, 5.74) is 1.06. The van der Waals surface area contributed by atoms with Crippen LogP contribution in [0.15, 0.2) is 30.3 Å². The number of carbonyl (C=O) groups excluding carboxylic acids is 1. The molecule has 2 N–H and O–H groups in total. The molecule has 3 saturated heterocycles. The first kappa shape index (κ1) is 18.3. The maximum atomic E-state index is 13.0. The summed E-state index contributed by atoms with van der Waals surface area (Å²) in [4.78, 5) is 28.3. The molecular weight excluding hydrogens is 342 g/mol. The molecule has 3 unspecified atom stereocenters. The predicted octanol–water partition coefficient (Wildman–Crippen LogP) is 2.24. The Labute approximate surface area is 160 Å². The van der Waals surface area contributed by atoms with Crippen molar-refractivity contribution >= 4 is 17.6 Å². The van der Waals surface area contributed by atoms with Crippen molar-refractivity contribution in [3.8, 4) is 0 Å². The van der Waals surface area contributed by atoms with Crippen LogP contribution in [0.5, 0.6) is 0 Å². The zero-order valence-electron chi connectivity index (χ0n) is 15.7. The Morgan fingerprint density at radius 3 is 2.44 bits per heavy atom. The Balaban J connectivity index is 1.54. The van der Waals surface area contributed by atoms with Crippen molar-refractivity contribution in [1.82, 2.24) is 10.2 Å². The van der Waals surface area contributed by atoms with Gasteiger partial charge in [-0.3, -0.25) is 4.79 Å². The third kappa shape index (κ3) is 3.95. The number of carbonyl (C=O) groups is 2. The quantitative estimate of drug-likeness (QED) is 0.831. The van der Waals surface area contributed by atoms with Crippen LogP contribution in [-0.2, 0) is 9.59 Å². The first-order valence-electron chi connectivity index (χ1n) is 10.2. The highest BCUT2D eigenvalue weighted by Gasteiger charge is 2.38. The van der Waals surface area contributed by atoms with Crippen molar-refractivity contribution in [2.75, 3.05) is 18.0 Å². The summed E-state index contributed by atoms with van der Waals surface area (Å²) in [6.45, 7) is 0.813. The van der Waals surface area contributed by atoms with Crippen molar-refractivity contribution < 1.29 is 14.7 Å². The van der Waals surface area contributed by atoms with E-state index < -0.39 is 12.0 Å². The number of rotatable bonds is 5. The number of anilines is 1. The summed E-state index contributed by atoms with van der Waals surface area (Å²) in [6, 6.07) is 10.8. The van der Waals surface area contributed by atoms with Crippen LogP contribution in [0.25, 0.3) is 0 Å². The average molecular weight is 371 g/mol. The van der Waals surface area contributed by atoms with E-state index in [0.717, 1.165) is 24.9 Å². The van der Waals surface area contributed by atoms with Crippen LogP contribution >= 0.6 is 0 Å². The summed E-state index contributed by atoms with van der Waals surface area (Å²) in [5.74, 6) is -0.948. The number of piperidine rings is 2. The molecule has 146 valence electrons. The number of hydrogen-bond donors (Lipinski definition) is 2. The van der Waals surface area contributed by atoms with Crippen molar-refractivity contribution in [3.63, 3.8) is 0 Å². The van der Waals surface area contributed by atoms with Crippen LogP contribution in [0.1, 0.15) is 44.9 Å².